The second-order valence-corrected chi connectivity index (χ2v) is 2.92. The van der Waals surface area contributed by atoms with Gasteiger partial charge in [-0.1, -0.05) is 6.58 Å². The topological polar surface area (TPSA) is 97.5 Å². The number of non-ortho nitro benzene ring substituents is 1. The number of aliphatic carboxylic acids is 1. The van der Waals surface area contributed by atoms with Gasteiger partial charge in [0.25, 0.3) is 5.69 Å². The Kier molecular flexibility index (Phi) is 3.14. The van der Waals surface area contributed by atoms with Gasteiger partial charge in [0.05, 0.1) is 4.92 Å². The van der Waals surface area contributed by atoms with E-state index in [-0.39, 0.29) is 11.3 Å². The monoisotopic (exact) mass is 221 g/mol. The Morgan fingerprint density at radius 2 is 1.75 bits per heavy atom. The van der Waals surface area contributed by atoms with Crippen LogP contribution in [0, 0.1) is 10.1 Å². The van der Waals surface area contributed by atoms with E-state index >= 15 is 0 Å². The van der Waals surface area contributed by atoms with Crippen LogP contribution in [0.2, 0.25) is 0 Å². The second kappa shape index (κ2) is 4.35. The third-order valence-corrected chi connectivity index (χ3v) is 1.87. The van der Waals surface area contributed by atoms with E-state index in [1.807, 2.05) is 0 Å². The van der Waals surface area contributed by atoms with Crippen molar-refractivity contribution < 1.29 is 19.6 Å². The van der Waals surface area contributed by atoms with Crippen LogP contribution >= 0.6 is 0 Å². The normalized spacial score (nSPS) is 9.50. The van der Waals surface area contributed by atoms with Crippen molar-refractivity contribution in [3.05, 3.63) is 52.1 Å². The van der Waals surface area contributed by atoms with Crippen LogP contribution in [-0.4, -0.2) is 21.8 Å². The molecule has 0 aliphatic rings. The minimum Gasteiger partial charge on any atom is -0.478 e. The first-order valence-corrected chi connectivity index (χ1v) is 4.15. The van der Waals surface area contributed by atoms with Crippen LogP contribution in [0.25, 0.3) is 0 Å². The fourth-order valence-electron chi connectivity index (χ4n) is 1.01. The Bertz CT molecular complexity index is 474. The van der Waals surface area contributed by atoms with E-state index < -0.39 is 22.2 Å². The number of Topliss-reactive ketones (excluding diaryl/α,β-unsaturated/α-hetero) is 1. The average Bonchev–Trinajstić information content (AvgIpc) is 2.27. The van der Waals surface area contributed by atoms with Crippen molar-refractivity contribution in [3.8, 4) is 0 Å². The lowest BCUT2D eigenvalue weighted by atomic mass is 10.0. The van der Waals surface area contributed by atoms with Gasteiger partial charge < -0.3 is 5.11 Å². The zero-order valence-corrected chi connectivity index (χ0v) is 8.04. The third-order valence-electron chi connectivity index (χ3n) is 1.87. The molecule has 0 fully saturated rings. The summed E-state index contributed by atoms with van der Waals surface area (Å²) in [6.07, 6.45) is 0. The molecule has 0 aromatic heterocycles. The van der Waals surface area contributed by atoms with Crippen LogP contribution in [0.4, 0.5) is 5.69 Å². The van der Waals surface area contributed by atoms with Crippen molar-refractivity contribution in [2.75, 3.05) is 0 Å². The molecule has 0 heterocycles. The molecule has 1 aromatic rings. The summed E-state index contributed by atoms with van der Waals surface area (Å²) in [4.78, 5) is 31.6. The summed E-state index contributed by atoms with van der Waals surface area (Å²) >= 11 is 0. The lowest BCUT2D eigenvalue weighted by Crippen LogP contribution is -2.11. The Labute approximate surface area is 90.0 Å². The van der Waals surface area contributed by atoms with Crippen LogP contribution in [0.3, 0.4) is 0 Å². The molecular weight excluding hydrogens is 214 g/mol. The minimum atomic E-state index is -1.41. The van der Waals surface area contributed by atoms with E-state index in [1.165, 1.54) is 12.1 Å². The van der Waals surface area contributed by atoms with Crippen LogP contribution in [-0.2, 0) is 4.79 Å². The highest BCUT2D eigenvalue weighted by molar-refractivity contribution is 6.23. The highest BCUT2D eigenvalue weighted by atomic mass is 16.6. The maximum Gasteiger partial charge on any atom is 0.339 e. The summed E-state index contributed by atoms with van der Waals surface area (Å²) in [6, 6.07) is 4.63. The molecule has 0 unspecified atom stereocenters. The van der Waals surface area contributed by atoms with Gasteiger partial charge in [0.1, 0.15) is 5.57 Å². The molecule has 16 heavy (non-hydrogen) atoms. The van der Waals surface area contributed by atoms with Crippen LogP contribution in [0.5, 0.6) is 0 Å². The maximum absolute atomic E-state index is 11.4. The van der Waals surface area contributed by atoms with E-state index in [1.54, 1.807) is 0 Å². The first kappa shape index (κ1) is 11.6. The largest absolute Gasteiger partial charge is 0.478 e. The number of nitrogens with zero attached hydrogens (tertiary/aromatic N) is 1. The average molecular weight is 221 g/mol. The fourth-order valence-corrected chi connectivity index (χ4v) is 1.01. The van der Waals surface area contributed by atoms with E-state index in [0.717, 1.165) is 12.1 Å². The summed E-state index contributed by atoms with van der Waals surface area (Å²) in [5, 5.41) is 18.9. The second-order valence-electron chi connectivity index (χ2n) is 2.92. The van der Waals surface area contributed by atoms with Crippen LogP contribution in [0.1, 0.15) is 10.4 Å². The van der Waals surface area contributed by atoms with Gasteiger partial charge in [-0.3, -0.25) is 14.9 Å². The Hall–Kier alpha value is -2.50. The maximum atomic E-state index is 11.4. The molecule has 82 valence electrons. The van der Waals surface area contributed by atoms with Crippen molar-refractivity contribution in [3.63, 3.8) is 0 Å². The molecule has 1 aromatic carbocycles. The highest BCUT2D eigenvalue weighted by Gasteiger charge is 2.17. The number of carbonyl (C=O) groups excluding carboxylic acids is 1. The minimum absolute atomic E-state index is 0.0537. The summed E-state index contributed by atoms with van der Waals surface area (Å²) in [5.74, 6) is -2.18. The SMILES string of the molecule is C=C(C(=O)O)C(=O)c1ccc([N+](=O)[O-])cc1. The first-order valence-electron chi connectivity index (χ1n) is 4.15. The fraction of sp³-hybridized carbons (Fsp3) is 0. The Morgan fingerprint density at radius 1 is 1.25 bits per heavy atom. The molecule has 0 saturated heterocycles. The molecule has 1 N–H and O–H groups in total. The summed E-state index contributed by atoms with van der Waals surface area (Å²) < 4.78 is 0. The van der Waals surface area contributed by atoms with Crippen LogP contribution < -0.4 is 0 Å². The number of ketones is 1. The molecule has 0 bridgehead atoms. The summed E-state index contributed by atoms with van der Waals surface area (Å²) in [5.41, 5.74) is -0.690. The highest BCUT2D eigenvalue weighted by Crippen LogP contribution is 2.14. The predicted molar refractivity (Wildman–Crippen MR) is 54.2 cm³/mol. The molecule has 0 saturated carbocycles. The van der Waals surface area contributed by atoms with Gasteiger partial charge in [0.2, 0.25) is 0 Å². The molecule has 6 heteroatoms. The predicted octanol–water partition coefficient (Wildman–Crippen LogP) is 1.42. The summed E-state index contributed by atoms with van der Waals surface area (Å²) in [7, 11) is 0. The van der Waals surface area contributed by atoms with Crippen molar-refractivity contribution in [2.24, 2.45) is 0 Å². The molecule has 0 amide bonds. The van der Waals surface area contributed by atoms with Gasteiger partial charge in [0.15, 0.2) is 5.78 Å². The molecule has 0 radical (unpaired) electrons. The van der Waals surface area contributed by atoms with E-state index in [0.29, 0.717) is 0 Å². The molecule has 0 atom stereocenters. The lowest BCUT2D eigenvalue weighted by Gasteiger charge is -1.99. The molecule has 6 nitrogen and oxygen atoms in total. The van der Waals surface area contributed by atoms with Gasteiger partial charge >= 0.3 is 5.97 Å². The third kappa shape index (κ3) is 2.30. The van der Waals surface area contributed by atoms with Crippen molar-refractivity contribution in [2.45, 2.75) is 0 Å². The number of carboxylic acids is 1. The standard InChI is InChI=1S/C10H7NO5/c1-6(10(13)14)9(12)7-2-4-8(5-3-7)11(15)16/h2-5H,1H2,(H,13,14). The van der Waals surface area contributed by atoms with E-state index in [4.69, 9.17) is 5.11 Å². The summed E-state index contributed by atoms with van der Waals surface area (Å²) in [6.45, 7) is 3.11. The molecule has 0 aliphatic carbocycles. The van der Waals surface area contributed by atoms with Crippen molar-refractivity contribution >= 4 is 17.4 Å². The quantitative estimate of drug-likeness (QED) is 0.207. The Morgan fingerprint density at radius 3 is 2.12 bits per heavy atom. The number of nitro benzene ring substituents is 1. The number of carbonyl (C=O) groups is 2. The number of hydrogen-bond donors (Lipinski definition) is 1. The number of carboxylic acid groups (broad SMARTS) is 1. The van der Waals surface area contributed by atoms with Gasteiger partial charge in [-0.2, -0.15) is 0 Å². The van der Waals surface area contributed by atoms with Gasteiger partial charge in [-0.25, -0.2) is 4.79 Å². The van der Waals surface area contributed by atoms with Crippen molar-refractivity contribution in [1.82, 2.24) is 0 Å². The lowest BCUT2D eigenvalue weighted by molar-refractivity contribution is -0.384. The zero-order valence-electron chi connectivity index (χ0n) is 8.04. The first-order chi connectivity index (χ1) is 7.43. The number of nitro groups is 1. The number of benzene rings is 1. The van der Waals surface area contributed by atoms with Gasteiger partial charge in [0, 0.05) is 17.7 Å². The Balaban J connectivity index is 2.99. The van der Waals surface area contributed by atoms with E-state index in [2.05, 4.69) is 6.58 Å². The van der Waals surface area contributed by atoms with Crippen molar-refractivity contribution in [1.29, 1.82) is 0 Å². The molecule has 0 spiro atoms. The number of hydrogen-bond acceptors (Lipinski definition) is 4. The molecule has 0 aliphatic heterocycles. The van der Waals surface area contributed by atoms with Gasteiger partial charge in [-0.05, 0) is 12.1 Å². The zero-order chi connectivity index (χ0) is 12.3. The van der Waals surface area contributed by atoms with Crippen LogP contribution in [0.15, 0.2) is 36.4 Å². The van der Waals surface area contributed by atoms with Gasteiger partial charge in [-0.15, -0.1) is 0 Å². The molecular formula is C10H7NO5. The molecule has 1 rings (SSSR count). The van der Waals surface area contributed by atoms with E-state index in [9.17, 15) is 19.7 Å². The smallest absolute Gasteiger partial charge is 0.339 e. The number of rotatable bonds is 4.